The molecule has 1 fully saturated rings. The van der Waals surface area contributed by atoms with Gasteiger partial charge in [0, 0.05) is 45.0 Å². The molecule has 1 unspecified atom stereocenters. The predicted octanol–water partition coefficient (Wildman–Crippen LogP) is 0.758. The number of hydrogen-bond donors (Lipinski definition) is 1. The quantitative estimate of drug-likeness (QED) is 0.854. The standard InChI is InChI=1S/C14H27N5/c1-3-14-11-17(2)6-4-7-19(14)10-13-9-18(8-5-15)12-16-13/h9,12,14H,3-8,10-11,15H2,1-2H3. The zero-order chi connectivity index (χ0) is 13.7. The molecule has 1 aliphatic rings. The highest BCUT2D eigenvalue weighted by Gasteiger charge is 2.22. The maximum Gasteiger partial charge on any atom is 0.0950 e. The van der Waals surface area contributed by atoms with Crippen LogP contribution < -0.4 is 5.73 Å². The van der Waals surface area contributed by atoms with Crippen molar-refractivity contribution in [3.05, 3.63) is 18.2 Å². The second-order valence-corrected chi connectivity index (χ2v) is 5.54. The molecule has 108 valence electrons. The van der Waals surface area contributed by atoms with Crippen LogP contribution in [0.15, 0.2) is 12.5 Å². The predicted molar refractivity (Wildman–Crippen MR) is 77.9 cm³/mol. The van der Waals surface area contributed by atoms with Crippen molar-refractivity contribution in [1.29, 1.82) is 0 Å². The van der Waals surface area contributed by atoms with E-state index in [9.17, 15) is 0 Å². The summed E-state index contributed by atoms with van der Waals surface area (Å²) in [4.78, 5) is 9.53. The molecule has 2 heterocycles. The topological polar surface area (TPSA) is 50.3 Å². The lowest BCUT2D eigenvalue weighted by Crippen LogP contribution is -2.39. The van der Waals surface area contributed by atoms with Gasteiger partial charge in [-0.3, -0.25) is 4.90 Å². The molecule has 5 heteroatoms. The van der Waals surface area contributed by atoms with Crippen molar-refractivity contribution < 1.29 is 0 Å². The van der Waals surface area contributed by atoms with E-state index in [-0.39, 0.29) is 0 Å². The Labute approximate surface area is 116 Å². The fraction of sp³-hybridized carbons (Fsp3) is 0.786. The maximum atomic E-state index is 5.57. The van der Waals surface area contributed by atoms with E-state index >= 15 is 0 Å². The third kappa shape index (κ3) is 4.03. The van der Waals surface area contributed by atoms with E-state index in [0.29, 0.717) is 12.6 Å². The third-order valence-electron chi connectivity index (χ3n) is 3.93. The number of hydrogen-bond acceptors (Lipinski definition) is 4. The number of likely N-dealkylation sites (N-methyl/N-ethyl adjacent to an activating group) is 1. The van der Waals surface area contributed by atoms with Crippen LogP contribution in [-0.4, -0.2) is 58.6 Å². The van der Waals surface area contributed by atoms with E-state index < -0.39 is 0 Å². The molecule has 0 bridgehead atoms. The smallest absolute Gasteiger partial charge is 0.0950 e. The van der Waals surface area contributed by atoms with E-state index in [0.717, 1.165) is 18.8 Å². The second kappa shape index (κ2) is 7.03. The van der Waals surface area contributed by atoms with Gasteiger partial charge in [-0.25, -0.2) is 4.98 Å². The summed E-state index contributed by atoms with van der Waals surface area (Å²) in [6.07, 6.45) is 6.48. The lowest BCUT2D eigenvalue weighted by molar-refractivity contribution is 0.174. The monoisotopic (exact) mass is 265 g/mol. The minimum absolute atomic E-state index is 0.646. The Balaban J connectivity index is 1.98. The normalized spacial score (nSPS) is 22.6. The van der Waals surface area contributed by atoms with Gasteiger partial charge in [-0.05, 0) is 26.4 Å². The third-order valence-corrected chi connectivity index (χ3v) is 3.93. The molecule has 5 nitrogen and oxygen atoms in total. The first kappa shape index (κ1) is 14.5. The number of nitrogens with zero attached hydrogens (tertiary/aromatic N) is 4. The molecule has 2 N–H and O–H groups in total. The van der Waals surface area contributed by atoms with Crippen molar-refractivity contribution in [2.45, 2.75) is 38.9 Å². The van der Waals surface area contributed by atoms with Gasteiger partial charge >= 0.3 is 0 Å². The fourth-order valence-electron chi connectivity index (χ4n) is 2.86. The van der Waals surface area contributed by atoms with Gasteiger partial charge in [0.15, 0.2) is 0 Å². The number of imidazole rings is 1. The van der Waals surface area contributed by atoms with Crippen molar-refractivity contribution in [2.75, 3.05) is 33.2 Å². The van der Waals surface area contributed by atoms with Gasteiger partial charge in [0.2, 0.25) is 0 Å². The molecule has 0 saturated carbocycles. The molecular formula is C14H27N5. The van der Waals surface area contributed by atoms with Crippen molar-refractivity contribution in [3.8, 4) is 0 Å². The lowest BCUT2D eigenvalue weighted by Gasteiger charge is -2.29. The van der Waals surface area contributed by atoms with E-state index in [1.54, 1.807) is 0 Å². The molecule has 0 amide bonds. The average molecular weight is 265 g/mol. The van der Waals surface area contributed by atoms with E-state index in [4.69, 9.17) is 5.73 Å². The molecule has 1 saturated heterocycles. The Kier molecular flexibility index (Phi) is 5.36. The summed E-state index contributed by atoms with van der Waals surface area (Å²) in [5.41, 5.74) is 6.73. The zero-order valence-electron chi connectivity index (χ0n) is 12.3. The van der Waals surface area contributed by atoms with Crippen molar-refractivity contribution in [1.82, 2.24) is 19.4 Å². The van der Waals surface area contributed by atoms with Crippen LogP contribution in [0.5, 0.6) is 0 Å². The lowest BCUT2D eigenvalue weighted by atomic mass is 10.2. The first-order valence-corrected chi connectivity index (χ1v) is 7.36. The van der Waals surface area contributed by atoms with Gasteiger partial charge in [0.25, 0.3) is 0 Å². The van der Waals surface area contributed by atoms with Gasteiger partial charge in [-0.1, -0.05) is 6.92 Å². The van der Waals surface area contributed by atoms with Gasteiger partial charge in [-0.15, -0.1) is 0 Å². The Hall–Kier alpha value is -0.910. The summed E-state index contributed by atoms with van der Waals surface area (Å²) < 4.78 is 2.08. The highest BCUT2D eigenvalue weighted by molar-refractivity contribution is 4.98. The molecule has 0 spiro atoms. The summed E-state index contributed by atoms with van der Waals surface area (Å²) >= 11 is 0. The van der Waals surface area contributed by atoms with Crippen LogP contribution in [0, 0.1) is 0 Å². The minimum atomic E-state index is 0.646. The molecule has 1 aromatic rings. The summed E-state index contributed by atoms with van der Waals surface area (Å²) in [7, 11) is 2.22. The Morgan fingerprint density at radius 2 is 2.26 bits per heavy atom. The van der Waals surface area contributed by atoms with Crippen LogP contribution in [-0.2, 0) is 13.1 Å². The number of aromatic nitrogens is 2. The van der Waals surface area contributed by atoms with E-state index in [1.165, 1.54) is 32.5 Å². The number of rotatable bonds is 5. The van der Waals surface area contributed by atoms with Crippen LogP contribution in [0.1, 0.15) is 25.5 Å². The van der Waals surface area contributed by atoms with Crippen molar-refractivity contribution >= 4 is 0 Å². The molecule has 1 aliphatic heterocycles. The van der Waals surface area contributed by atoms with E-state index in [2.05, 4.69) is 39.5 Å². The molecule has 0 aliphatic carbocycles. The van der Waals surface area contributed by atoms with Gasteiger partial charge in [-0.2, -0.15) is 0 Å². The minimum Gasteiger partial charge on any atom is -0.336 e. The first-order valence-electron chi connectivity index (χ1n) is 7.36. The molecule has 1 aromatic heterocycles. The van der Waals surface area contributed by atoms with Crippen LogP contribution >= 0.6 is 0 Å². The van der Waals surface area contributed by atoms with E-state index in [1.807, 2.05) is 6.33 Å². The van der Waals surface area contributed by atoms with Crippen LogP contribution in [0.25, 0.3) is 0 Å². The van der Waals surface area contributed by atoms with Crippen LogP contribution in [0.4, 0.5) is 0 Å². The molecule has 1 atom stereocenters. The highest BCUT2D eigenvalue weighted by atomic mass is 15.2. The van der Waals surface area contributed by atoms with Crippen LogP contribution in [0.3, 0.4) is 0 Å². The first-order chi connectivity index (χ1) is 9.22. The van der Waals surface area contributed by atoms with Crippen molar-refractivity contribution in [3.63, 3.8) is 0 Å². The highest BCUT2D eigenvalue weighted by Crippen LogP contribution is 2.15. The summed E-state index contributed by atoms with van der Waals surface area (Å²) in [5, 5.41) is 0. The average Bonchev–Trinajstić information content (AvgIpc) is 2.74. The van der Waals surface area contributed by atoms with Gasteiger partial charge < -0.3 is 15.2 Å². The molecular weight excluding hydrogens is 238 g/mol. The molecule has 0 aromatic carbocycles. The summed E-state index contributed by atoms with van der Waals surface area (Å²) in [5.74, 6) is 0. The van der Waals surface area contributed by atoms with Gasteiger partial charge in [0.05, 0.1) is 12.0 Å². The Morgan fingerprint density at radius 3 is 3.00 bits per heavy atom. The largest absolute Gasteiger partial charge is 0.336 e. The SMILES string of the molecule is CCC1CN(C)CCCN1Cc1cn(CCN)cn1. The summed E-state index contributed by atoms with van der Waals surface area (Å²) in [6.45, 7) is 8.31. The number of nitrogens with two attached hydrogens (primary N) is 1. The van der Waals surface area contributed by atoms with Crippen LogP contribution in [0.2, 0.25) is 0 Å². The van der Waals surface area contributed by atoms with Crippen molar-refractivity contribution in [2.24, 2.45) is 5.73 Å². The Bertz CT molecular complexity index is 376. The second-order valence-electron chi connectivity index (χ2n) is 5.54. The maximum absolute atomic E-state index is 5.57. The Morgan fingerprint density at radius 1 is 1.42 bits per heavy atom. The molecule has 19 heavy (non-hydrogen) atoms. The fourth-order valence-corrected chi connectivity index (χ4v) is 2.86. The molecule has 2 rings (SSSR count). The van der Waals surface area contributed by atoms with Gasteiger partial charge in [0.1, 0.15) is 0 Å². The molecule has 0 radical (unpaired) electrons. The zero-order valence-corrected chi connectivity index (χ0v) is 12.3. The summed E-state index contributed by atoms with van der Waals surface area (Å²) in [6, 6.07) is 0.646.